The van der Waals surface area contributed by atoms with E-state index in [9.17, 15) is 14.7 Å². The summed E-state index contributed by atoms with van der Waals surface area (Å²) >= 11 is 0. The first-order valence-corrected chi connectivity index (χ1v) is 8.36. The third-order valence-corrected chi connectivity index (χ3v) is 4.25. The van der Waals surface area contributed by atoms with Crippen molar-refractivity contribution < 1.29 is 28.6 Å². The SMILES string of the molecule is Cc1ccc(OCc2ccc(C(=O)N3CCOC[C@@H]3C(=O)O)o2)c(C)c1. The van der Waals surface area contributed by atoms with Crippen molar-refractivity contribution in [1.29, 1.82) is 0 Å². The monoisotopic (exact) mass is 359 g/mol. The average Bonchev–Trinajstić information content (AvgIpc) is 3.09. The van der Waals surface area contributed by atoms with Crippen molar-refractivity contribution in [2.24, 2.45) is 0 Å². The maximum atomic E-state index is 12.6. The van der Waals surface area contributed by atoms with E-state index in [4.69, 9.17) is 13.9 Å². The quantitative estimate of drug-likeness (QED) is 0.882. The molecule has 1 saturated heterocycles. The number of nitrogens with zero attached hydrogens (tertiary/aromatic N) is 1. The predicted molar refractivity (Wildman–Crippen MR) is 92.2 cm³/mol. The van der Waals surface area contributed by atoms with E-state index in [1.807, 2.05) is 32.0 Å². The Hall–Kier alpha value is -2.80. The van der Waals surface area contributed by atoms with Gasteiger partial charge in [0.2, 0.25) is 0 Å². The highest BCUT2D eigenvalue weighted by molar-refractivity contribution is 5.94. The first kappa shape index (κ1) is 18.0. The Morgan fingerprint density at radius 3 is 2.81 bits per heavy atom. The van der Waals surface area contributed by atoms with Crippen LogP contribution >= 0.6 is 0 Å². The van der Waals surface area contributed by atoms with Crippen LogP contribution in [0.1, 0.15) is 27.4 Å². The van der Waals surface area contributed by atoms with Crippen LogP contribution in [0.4, 0.5) is 0 Å². The summed E-state index contributed by atoms with van der Waals surface area (Å²) < 4.78 is 16.5. The van der Waals surface area contributed by atoms with E-state index < -0.39 is 17.9 Å². The van der Waals surface area contributed by atoms with Gasteiger partial charge < -0.3 is 23.9 Å². The number of morpholine rings is 1. The van der Waals surface area contributed by atoms with Crippen molar-refractivity contribution in [1.82, 2.24) is 4.90 Å². The molecule has 1 aliphatic heterocycles. The van der Waals surface area contributed by atoms with Gasteiger partial charge in [0.05, 0.1) is 13.2 Å². The van der Waals surface area contributed by atoms with E-state index in [-0.39, 0.29) is 25.5 Å². The van der Waals surface area contributed by atoms with E-state index in [1.54, 1.807) is 6.07 Å². The molecule has 1 fully saturated rings. The number of benzene rings is 1. The van der Waals surface area contributed by atoms with Crippen LogP contribution in [0.2, 0.25) is 0 Å². The standard InChI is InChI=1S/C19H21NO6/c1-12-3-5-16(13(2)9-12)25-10-14-4-6-17(26-14)18(21)20-7-8-24-11-15(20)19(22)23/h3-6,9,15H,7-8,10-11H2,1-2H3,(H,22,23)/t15-/m1/s1. The summed E-state index contributed by atoms with van der Waals surface area (Å²) in [6.45, 7) is 4.65. The van der Waals surface area contributed by atoms with Gasteiger partial charge in [-0.2, -0.15) is 0 Å². The molecule has 7 nitrogen and oxygen atoms in total. The highest BCUT2D eigenvalue weighted by Gasteiger charge is 2.34. The third-order valence-electron chi connectivity index (χ3n) is 4.25. The lowest BCUT2D eigenvalue weighted by Crippen LogP contribution is -2.52. The zero-order chi connectivity index (χ0) is 18.7. The number of amides is 1. The number of aryl methyl sites for hydroxylation is 2. The van der Waals surface area contributed by atoms with Crippen molar-refractivity contribution >= 4 is 11.9 Å². The Balaban J connectivity index is 1.67. The fraction of sp³-hybridized carbons (Fsp3) is 0.368. The predicted octanol–water partition coefficient (Wildman–Crippen LogP) is 2.40. The molecule has 26 heavy (non-hydrogen) atoms. The topological polar surface area (TPSA) is 89.2 Å². The summed E-state index contributed by atoms with van der Waals surface area (Å²) in [6, 6.07) is 8.08. The summed E-state index contributed by atoms with van der Waals surface area (Å²) in [5, 5.41) is 9.24. The molecule has 1 atom stereocenters. The van der Waals surface area contributed by atoms with E-state index >= 15 is 0 Å². The van der Waals surface area contributed by atoms with Gasteiger partial charge in [-0.1, -0.05) is 17.7 Å². The molecule has 0 aliphatic carbocycles. The van der Waals surface area contributed by atoms with E-state index in [0.717, 1.165) is 16.9 Å². The summed E-state index contributed by atoms with van der Waals surface area (Å²) in [6.07, 6.45) is 0. The maximum absolute atomic E-state index is 12.6. The van der Waals surface area contributed by atoms with Crippen molar-refractivity contribution in [3.05, 3.63) is 53.0 Å². The van der Waals surface area contributed by atoms with Gasteiger partial charge in [0.25, 0.3) is 5.91 Å². The van der Waals surface area contributed by atoms with Crippen molar-refractivity contribution in [2.45, 2.75) is 26.5 Å². The van der Waals surface area contributed by atoms with Gasteiger partial charge in [-0.3, -0.25) is 4.79 Å². The van der Waals surface area contributed by atoms with Gasteiger partial charge in [0, 0.05) is 6.54 Å². The fourth-order valence-corrected chi connectivity index (χ4v) is 2.87. The molecule has 138 valence electrons. The van der Waals surface area contributed by atoms with Crippen molar-refractivity contribution in [3.8, 4) is 5.75 Å². The minimum absolute atomic E-state index is 0.0234. The van der Waals surface area contributed by atoms with E-state index in [0.29, 0.717) is 12.4 Å². The Labute approximate surface area is 151 Å². The molecule has 1 aromatic heterocycles. The molecule has 0 unspecified atom stereocenters. The molecule has 1 amide bonds. The number of hydrogen-bond donors (Lipinski definition) is 1. The second-order valence-electron chi connectivity index (χ2n) is 6.25. The maximum Gasteiger partial charge on any atom is 0.328 e. The number of carboxylic acid groups (broad SMARTS) is 1. The van der Waals surface area contributed by atoms with Crippen LogP contribution in [-0.2, 0) is 16.1 Å². The van der Waals surface area contributed by atoms with Gasteiger partial charge in [0.15, 0.2) is 11.8 Å². The highest BCUT2D eigenvalue weighted by Crippen LogP contribution is 2.21. The number of aliphatic carboxylic acids is 1. The molecule has 0 spiro atoms. The molecule has 0 radical (unpaired) electrons. The lowest BCUT2D eigenvalue weighted by Gasteiger charge is -2.32. The number of hydrogen-bond acceptors (Lipinski definition) is 5. The Morgan fingerprint density at radius 1 is 1.27 bits per heavy atom. The van der Waals surface area contributed by atoms with E-state index in [2.05, 4.69) is 0 Å². The molecule has 2 aromatic rings. The van der Waals surface area contributed by atoms with Crippen molar-refractivity contribution in [3.63, 3.8) is 0 Å². The highest BCUT2D eigenvalue weighted by atomic mass is 16.5. The first-order chi connectivity index (χ1) is 12.5. The summed E-state index contributed by atoms with van der Waals surface area (Å²) in [5.74, 6) is -0.216. The van der Waals surface area contributed by atoms with Crippen LogP contribution in [0, 0.1) is 13.8 Å². The molecular weight excluding hydrogens is 338 g/mol. The zero-order valence-corrected chi connectivity index (χ0v) is 14.7. The largest absolute Gasteiger partial charge is 0.485 e. The zero-order valence-electron chi connectivity index (χ0n) is 14.7. The second kappa shape index (κ2) is 7.61. The molecule has 1 aromatic carbocycles. The summed E-state index contributed by atoms with van der Waals surface area (Å²) in [4.78, 5) is 25.1. The summed E-state index contributed by atoms with van der Waals surface area (Å²) in [5.41, 5.74) is 2.17. The molecular formula is C19H21NO6. The number of carboxylic acids is 1. The lowest BCUT2D eigenvalue weighted by atomic mass is 10.1. The average molecular weight is 359 g/mol. The third kappa shape index (κ3) is 3.88. The molecule has 0 saturated carbocycles. The van der Waals surface area contributed by atoms with Gasteiger partial charge in [-0.25, -0.2) is 4.79 Å². The van der Waals surface area contributed by atoms with Gasteiger partial charge in [-0.05, 0) is 37.6 Å². The molecule has 3 rings (SSSR count). The second-order valence-corrected chi connectivity index (χ2v) is 6.25. The van der Waals surface area contributed by atoms with Gasteiger partial charge in [0.1, 0.15) is 18.1 Å². The van der Waals surface area contributed by atoms with Crippen LogP contribution in [0.3, 0.4) is 0 Å². The van der Waals surface area contributed by atoms with E-state index in [1.165, 1.54) is 11.0 Å². The number of furan rings is 1. The first-order valence-electron chi connectivity index (χ1n) is 8.36. The fourth-order valence-electron chi connectivity index (χ4n) is 2.87. The Bertz CT molecular complexity index is 812. The number of rotatable bonds is 5. The van der Waals surface area contributed by atoms with Crippen LogP contribution in [0.25, 0.3) is 0 Å². The number of ether oxygens (including phenoxy) is 2. The molecule has 7 heteroatoms. The lowest BCUT2D eigenvalue weighted by molar-refractivity contribution is -0.147. The van der Waals surface area contributed by atoms with Crippen LogP contribution in [0.5, 0.6) is 5.75 Å². The number of carbonyl (C=O) groups is 2. The van der Waals surface area contributed by atoms with Crippen LogP contribution < -0.4 is 4.74 Å². The van der Waals surface area contributed by atoms with Crippen LogP contribution in [-0.4, -0.2) is 47.7 Å². The number of carbonyl (C=O) groups excluding carboxylic acids is 1. The van der Waals surface area contributed by atoms with Gasteiger partial charge in [-0.15, -0.1) is 0 Å². The molecule has 1 N–H and O–H groups in total. The minimum atomic E-state index is -1.09. The van der Waals surface area contributed by atoms with Gasteiger partial charge >= 0.3 is 5.97 Å². The normalized spacial score (nSPS) is 17.2. The smallest absolute Gasteiger partial charge is 0.328 e. The Morgan fingerprint density at radius 2 is 2.08 bits per heavy atom. The van der Waals surface area contributed by atoms with Crippen LogP contribution in [0.15, 0.2) is 34.7 Å². The van der Waals surface area contributed by atoms with Crippen molar-refractivity contribution in [2.75, 3.05) is 19.8 Å². The molecule has 0 bridgehead atoms. The Kier molecular flexibility index (Phi) is 5.27. The molecule has 1 aliphatic rings. The summed E-state index contributed by atoms with van der Waals surface area (Å²) in [7, 11) is 0. The minimum Gasteiger partial charge on any atom is -0.485 e. The molecule has 2 heterocycles.